The Labute approximate surface area is 184 Å². The summed E-state index contributed by atoms with van der Waals surface area (Å²) in [5, 5.41) is 3.08. The number of amides is 1. The lowest BCUT2D eigenvalue weighted by Crippen LogP contribution is -2.29. The summed E-state index contributed by atoms with van der Waals surface area (Å²) in [5.74, 6) is -0.185. The van der Waals surface area contributed by atoms with Gasteiger partial charge in [-0.3, -0.25) is 9.10 Å². The standard InChI is InChI=1S/C25H28N2O3S/c1-5-23(20-13-11-18(2)12-14-20)26-25(28)21-15-16-24(19(3)17-21)27(4)31(29,30)22-9-7-6-8-10-22/h6-17,23H,5H2,1-4H3,(H,26,28)/t23-/m1/s1. The maximum atomic E-state index is 12.9. The highest BCUT2D eigenvalue weighted by atomic mass is 32.2. The number of rotatable bonds is 7. The van der Waals surface area contributed by atoms with E-state index in [0.29, 0.717) is 16.8 Å². The number of sulfonamides is 1. The van der Waals surface area contributed by atoms with Gasteiger partial charge in [0.1, 0.15) is 0 Å². The van der Waals surface area contributed by atoms with Gasteiger partial charge in [0.2, 0.25) is 0 Å². The molecule has 31 heavy (non-hydrogen) atoms. The highest BCUT2D eigenvalue weighted by Crippen LogP contribution is 2.26. The summed E-state index contributed by atoms with van der Waals surface area (Å²) in [5.41, 5.74) is 3.97. The number of hydrogen-bond donors (Lipinski definition) is 1. The van der Waals surface area contributed by atoms with Crippen LogP contribution in [-0.2, 0) is 10.0 Å². The summed E-state index contributed by atoms with van der Waals surface area (Å²) in [6.45, 7) is 5.87. The van der Waals surface area contributed by atoms with Gasteiger partial charge in [-0.1, -0.05) is 55.0 Å². The first-order valence-corrected chi connectivity index (χ1v) is 11.7. The highest BCUT2D eigenvalue weighted by Gasteiger charge is 2.23. The van der Waals surface area contributed by atoms with Crippen LogP contribution in [0.5, 0.6) is 0 Å². The topological polar surface area (TPSA) is 66.5 Å². The molecular formula is C25H28N2O3S. The Kier molecular flexibility index (Phi) is 6.81. The minimum Gasteiger partial charge on any atom is -0.345 e. The Morgan fingerprint density at radius 1 is 0.968 bits per heavy atom. The van der Waals surface area contributed by atoms with Crippen molar-refractivity contribution in [2.75, 3.05) is 11.4 Å². The summed E-state index contributed by atoms with van der Waals surface area (Å²) in [4.78, 5) is 13.1. The minimum absolute atomic E-state index is 0.0887. The lowest BCUT2D eigenvalue weighted by Gasteiger charge is -2.22. The zero-order valence-corrected chi connectivity index (χ0v) is 19.1. The molecule has 3 aromatic carbocycles. The molecule has 0 fully saturated rings. The number of nitrogens with zero attached hydrogens (tertiary/aromatic N) is 1. The molecule has 162 valence electrons. The van der Waals surface area contributed by atoms with E-state index in [9.17, 15) is 13.2 Å². The van der Waals surface area contributed by atoms with Crippen molar-refractivity contribution >= 4 is 21.6 Å². The fourth-order valence-electron chi connectivity index (χ4n) is 3.49. The van der Waals surface area contributed by atoms with Gasteiger partial charge in [-0.25, -0.2) is 8.42 Å². The molecule has 0 saturated heterocycles. The lowest BCUT2D eigenvalue weighted by molar-refractivity contribution is 0.0935. The van der Waals surface area contributed by atoms with Gasteiger partial charge in [0.15, 0.2) is 0 Å². The first-order chi connectivity index (χ1) is 14.7. The molecule has 0 aromatic heterocycles. The molecule has 1 N–H and O–H groups in total. The predicted molar refractivity (Wildman–Crippen MR) is 125 cm³/mol. The molecule has 1 amide bonds. The zero-order chi connectivity index (χ0) is 22.6. The molecule has 0 aliphatic heterocycles. The van der Waals surface area contributed by atoms with E-state index in [4.69, 9.17) is 0 Å². The van der Waals surface area contributed by atoms with Gasteiger partial charge in [-0.15, -0.1) is 0 Å². The van der Waals surface area contributed by atoms with E-state index in [0.717, 1.165) is 12.0 Å². The van der Waals surface area contributed by atoms with Crippen molar-refractivity contribution in [1.82, 2.24) is 5.32 Å². The maximum Gasteiger partial charge on any atom is 0.264 e. The molecule has 0 bridgehead atoms. The van der Waals surface area contributed by atoms with Crippen molar-refractivity contribution in [3.05, 3.63) is 95.1 Å². The summed E-state index contributed by atoms with van der Waals surface area (Å²) < 4.78 is 27.1. The van der Waals surface area contributed by atoms with Gasteiger partial charge in [-0.2, -0.15) is 0 Å². The van der Waals surface area contributed by atoms with E-state index in [1.54, 1.807) is 55.5 Å². The van der Waals surface area contributed by atoms with Gasteiger partial charge in [0, 0.05) is 12.6 Å². The zero-order valence-electron chi connectivity index (χ0n) is 18.3. The summed E-state index contributed by atoms with van der Waals surface area (Å²) >= 11 is 0. The largest absolute Gasteiger partial charge is 0.345 e. The van der Waals surface area contributed by atoms with Crippen LogP contribution in [0.1, 0.15) is 46.4 Å². The first kappa shape index (κ1) is 22.6. The molecule has 6 heteroatoms. The van der Waals surface area contributed by atoms with Crippen molar-refractivity contribution < 1.29 is 13.2 Å². The number of benzene rings is 3. The van der Waals surface area contributed by atoms with Crippen LogP contribution in [0, 0.1) is 13.8 Å². The number of anilines is 1. The first-order valence-electron chi connectivity index (χ1n) is 10.3. The Morgan fingerprint density at radius 2 is 1.61 bits per heavy atom. The summed E-state index contributed by atoms with van der Waals surface area (Å²) in [6, 6.07) is 21.4. The minimum atomic E-state index is -3.68. The molecule has 5 nitrogen and oxygen atoms in total. The van der Waals surface area contributed by atoms with Gasteiger partial charge in [0.25, 0.3) is 15.9 Å². The van der Waals surface area contributed by atoms with E-state index in [1.807, 2.05) is 38.1 Å². The SMILES string of the molecule is CC[C@@H](NC(=O)c1ccc(N(C)S(=O)(=O)c2ccccc2)c(C)c1)c1ccc(C)cc1. The summed E-state index contributed by atoms with van der Waals surface area (Å²) in [7, 11) is -2.15. The average Bonchev–Trinajstić information content (AvgIpc) is 2.78. The van der Waals surface area contributed by atoms with E-state index in [1.165, 1.54) is 16.9 Å². The van der Waals surface area contributed by atoms with Gasteiger partial charge in [0.05, 0.1) is 16.6 Å². The van der Waals surface area contributed by atoms with Gasteiger partial charge >= 0.3 is 0 Å². The molecule has 0 aliphatic rings. The van der Waals surface area contributed by atoms with Crippen LogP contribution in [-0.4, -0.2) is 21.4 Å². The van der Waals surface area contributed by atoms with E-state index < -0.39 is 10.0 Å². The van der Waals surface area contributed by atoms with Crippen LogP contribution in [0.15, 0.2) is 77.7 Å². The number of hydrogen-bond acceptors (Lipinski definition) is 3. The number of carbonyl (C=O) groups excluding carboxylic acids is 1. The number of aryl methyl sites for hydroxylation is 2. The molecule has 0 unspecified atom stereocenters. The normalized spacial score (nSPS) is 12.3. The fourth-order valence-corrected chi connectivity index (χ4v) is 4.77. The Hall–Kier alpha value is -3.12. The predicted octanol–water partition coefficient (Wildman–Crippen LogP) is 5.01. The molecule has 0 aliphatic carbocycles. The Balaban J connectivity index is 1.81. The average molecular weight is 437 g/mol. The van der Waals surface area contributed by atoms with E-state index in [-0.39, 0.29) is 16.8 Å². The molecule has 0 heterocycles. The monoisotopic (exact) mass is 436 g/mol. The maximum absolute atomic E-state index is 12.9. The quantitative estimate of drug-likeness (QED) is 0.566. The second-order valence-corrected chi connectivity index (χ2v) is 9.60. The van der Waals surface area contributed by atoms with Crippen LogP contribution in [0.4, 0.5) is 5.69 Å². The second kappa shape index (κ2) is 9.35. The fraction of sp³-hybridized carbons (Fsp3) is 0.240. The molecular weight excluding hydrogens is 408 g/mol. The molecule has 0 spiro atoms. The van der Waals surface area contributed by atoms with Crippen LogP contribution in [0.3, 0.4) is 0 Å². The van der Waals surface area contributed by atoms with E-state index >= 15 is 0 Å². The third-order valence-corrected chi connectivity index (χ3v) is 7.18. The number of nitrogens with one attached hydrogen (secondary N) is 1. The molecule has 3 aromatic rings. The molecule has 1 atom stereocenters. The second-order valence-electron chi connectivity index (χ2n) is 7.63. The van der Waals surface area contributed by atoms with Crippen molar-refractivity contribution in [2.45, 2.75) is 38.1 Å². The highest BCUT2D eigenvalue weighted by molar-refractivity contribution is 7.92. The third-order valence-electron chi connectivity index (χ3n) is 5.39. The van der Waals surface area contributed by atoms with Crippen LogP contribution < -0.4 is 9.62 Å². The van der Waals surface area contributed by atoms with Crippen LogP contribution >= 0.6 is 0 Å². The molecule has 0 radical (unpaired) electrons. The summed E-state index contributed by atoms with van der Waals surface area (Å²) in [6.07, 6.45) is 0.768. The van der Waals surface area contributed by atoms with Gasteiger partial charge < -0.3 is 5.32 Å². The van der Waals surface area contributed by atoms with Crippen molar-refractivity contribution in [3.8, 4) is 0 Å². The molecule has 0 saturated carbocycles. The third kappa shape index (κ3) is 4.97. The van der Waals surface area contributed by atoms with E-state index in [2.05, 4.69) is 5.32 Å². The van der Waals surface area contributed by atoms with Crippen LogP contribution in [0.2, 0.25) is 0 Å². The smallest absolute Gasteiger partial charge is 0.264 e. The lowest BCUT2D eigenvalue weighted by atomic mass is 10.0. The van der Waals surface area contributed by atoms with Crippen molar-refractivity contribution in [1.29, 1.82) is 0 Å². The molecule has 3 rings (SSSR count). The van der Waals surface area contributed by atoms with Gasteiger partial charge in [-0.05, 0) is 61.7 Å². The van der Waals surface area contributed by atoms with Crippen LogP contribution in [0.25, 0.3) is 0 Å². The Morgan fingerprint density at radius 3 is 2.19 bits per heavy atom. The van der Waals surface area contributed by atoms with Crippen molar-refractivity contribution in [3.63, 3.8) is 0 Å². The number of carbonyl (C=O) groups is 1. The Bertz CT molecular complexity index is 1160. The van der Waals surface area contributed by atoms with Crippen molar-refractivity contribution in [2.24, 2.45) is 0 Å².